The maximum Gasteiger partial charge on any atom is 0.272 e. The van der Waals surface area contributed by atoms with Crippen LogP contribution in [0.25, 0.3) is 0 Å². The quantitative estimate of drug-likeness (QED) is 0.858. The number of nitrogens with zero attached hydrogens (tertiary/aromatic N) is 2. The first kappa shape index (κ1) is 13.3. The largest absolute Gasteiger partial charge is 0.370 e. The number of carbonyl (C=O) groups is 1. The lowest BCUT2D eigenvalue weighted by Gasteiger charge is -2.16. The van der Waals surface area contributed by atoms with Gasteiger partial charge in [-0.05, 0) is 19.1 Å². The number of carbonyl (C=O) groups excluding carboxylic acids is 1. The van der Waals surface area contributed by atoms with Gasteiger partial charge in [-0.3, -0.25) is 4.79 Å². The molecule has 0 fully saturated rings. The Labute approximate surface area is 98.6 Å². The van der Waals surface area contributed by atoms with E-state index in [1.165, 1.54) is 13.1 Å². The minimum atomic E-state index is -2.54. The molecule has 0 aliphatic heterocycles. The van der Waals surface area contributed by atoms with E-state index < -0.39 is 18.9 Å². The zero-order valence-corrected chi connectivity index (χ0v) is 9.78. The van der Waals surface area contributed by atoms with Crippen LogP contribution in [0.15, 0.2) is 18.2 Å². The molecule has 0 atom stereocenters. The Morgan fingerprint density at radius 1 is 1.53 bits per heavy atom. The molecule has 4 nitrogen and oxygen atoms in total. The molecular weight excluding hydrogens is 228 g/mol. The number of halogens is 2. The van der Waals surface area contributed by atoms with Crippen LogP contribution in [0.3, 0.4) is 0 Å². The molecule has 0 unspecified atom stereocenters. The Bertz CT molecular complexity index is 385. The van der Waals surface area contributed by atoms with Crippen molar-refractivity contribution in [1.29, 1.82) is 0 Å². The minimum absolute atomic E-state index is 0.159. The van der Waals surface area contributed by atoms with Crippen LogP contribution in [0.1, 0.15) is 17.4 Å². The fourth-order valence-corrected chi connectivity index (χ4v) is 1.32. The summed E-state index contributed by atoms with van der Waals surface area (Å²) in [6.07, 6.45) is -2.54. The smallest absolute Gasteiger partial charge is 0.272 e. The van der Waals surface area contributed by atoms with E-state index in [1.54, 1.807) is 12.1 Å². The standard InChI is InChI=1S/C11H15F2N3O/c1-3-14-10-6-4-5-8(15-10)11(17)16(2)7-9(12)13/h4-6,9H,3,7H2,1-2H3,(H,14,15). The molecule has 0 spiro atoms. The number of rotatable bonds is 5. The Balaban J connectivity index is 2.77. The van der Waals surface area contributed by atoms with Gasteiger partial charge in [0.1, 0.15) is 11.5 Å². The molecule has 6 heteroatoms. The van der Waals surface area contributed by atoms with Crippen molar-refractivity contribution in [3.05, 3.63) is 23.9 Å². The summed E-state index contributed by atoms with van der Waals surface area (Å²) in [6.45, 7) is 1.99. The molecule has 0 aliphatic carbocycles. The Kier molecular flexibility index (Phi) is 4.81. The lowest BCUT2D eigenvalue weighted by Crippen LogP contribution is -2.31. The number of hydrogen-bond acceptors (Lipinski definition) is 3. The van der Waals surface area contributed by atoms with Crippen LogP contribution in [0, 0.1) is 0 Å². The van der Waals surface area contributed by atoms with Crippen LogP contribution in [0.2, 0.25) is 0 Å². The lowest BCUT2D eigenvalue weighted by atomic mass is 10.3. The Hall–Kier alpha value is -1.72. The van der Waals surface area contributed by atoms with Gasteiger partial charge in [0.05, 0.1) is 6.54 Å². The van der Waals surface area contributed by atoms with Gasteiger partial charge in [0, 0.05) is 13.6 Å². The first-order chi connectivity index (χ1) is 8.04. The molecule has 1 rings (SSSR count). The second kappa shape index (κ2) is 6.12. The molecule has 0 aromatic carbocycles. The molecule has 1 aromatic rings. The molecule has 1 heterocycles. The molecule has 0 saturated heterocycles. The monoisotopic (exact) mass is 243 g/mol. The second-order valence-electron chi connectivity index (χ2n) is 3.52. The molecule has 17 heavy (non-hydrogen) atoms. The first-order valence-corrected chi connectivity index (χ1v) is 5.29. The van der Waals surface area contributed by atoms with E-state index in [1.807, 2.05) is 6.92 Å². The van der Waals surface area contributed by atoms with E-state index >= 15 is 0 Å². The van der Waals surface area contributed by atoms with Gasteiger partial charge in [-0.15, -0.1) is 0 Å². The van der Waals surface area contributed by atoms with Gasteiger partial charge in [0.25, 0.3) is 12.3 Å². The molecule has 94 valence electrons. The predicted molar refractivity (Wildman–Crippen MR) is 61.4 cm³/mol. The molecule has 1 aromatic heterocycles. The number of hydrogen-bond donors (Lipinski definition) is 1. The average molecular weight is 243 g/mol. The normalized spacial score (nSPS) is 10.4. The average Bonchev–Trinajstić information content (AvgIpc) is 2.28. The van der Waals surface area contributed by atoms with Crippen LogP contribution in [-0.4, -0.2) is 42.4 Å². The summed E-state index contributed by atoms with van der Waals surface area (Å²) in [6, 6.07) is 4.88. The third-order valence-corrected chi connectivity index (χ3v) is 2.08. The maximum atomic E-state index is 12.1. The van der Waals surface area contributed by atoms with Gasteiger partial charge < -0.3 is 10.2 Å². The van der Waals surface area contributed by atoms with E-state index in [-0.39, 0.29) is 5.69 Å². The summed E-state index contributed by atoms with van der Waals surface area (Å²) in [5.74, 6) is 0.0499. The summed E-state index contributed by atoms with van der Waals surface area (Å²) in [7, 11) is 1.33. The van der Waals surface area contributed by atoms with E-state index in [2.05, 4.69) is 10.3 Å². The number of nitrogens with one attached hydrogen (secondary N) is 1. The van der Waals surface area contributed by atoms with Gasteiger partial charge in [-0.2, -0.15) is 0 Å². The number of aromatic nitrogens is 1. The molecule has 0 aliphatic rings. The highest BCUT2D eigenvalue weighted by Crippen LogP contribution is 2.07. The van der Waals surface area contributed by atoms with Crippen molar-refractivity contribution in [1.82, 2.24) is 9.88 Å². The predicted octanol–water partition coefficient (Wildman–Crippen LogP) is 1.85. The fourth-order valence-electron chi connectivity index (χ4n) is 1.32. The van der Waals surface area contributed by atoms with Crippen LogP contribution in [0.5, 0.6) is 0 Å². The highest BCUT2D eigenvalue weighted by atomic mass is 19.3. The summed E-state index contributed by atoms with van der Waals surface area (Å²) in [5.41, 5.74) is 0.159. The summed E-state index contributed by atoms with van der Waals surface area (Å²) >= 11 is 0. The number of pyridine rings is 1. The molecule has 1 N–H and O–H groups in total. The topological polar surface area (TPSA) is 45.2 Å². The van der Waals surface area contributed by atoms with Gasteiger partial charge in [0.2, 0.25) is 0 Å². The Morgan fingerprint density at radius 2 is 2.24 bits per heavy atom. The van der Waals surface area contributed by atoms with Gasteiger partial charge >= 0.3 is 0 Å². The first-order valence-electron chi connectivity index (χ1n) is 5.29. The van der Waals surface area contributed by atoms with Crippen LogP contribution in [0.4, 0.5) is 14.6 Å². The van der Waals surface area contributed by atoms with Crippen LogP contribution >= 0.6 is 0 Å². The van der Waals surface area contributed by atoms with Gasteiger partial charge in [-0.25, -0.2) is 13.8 Å². The number of anilines is 1. The van der Waals surface area contributed by atoms with E-state index in [4.69, 9.17) is 0 Å². The van der Waals surface area contributed by atoms with E-state index in [0.717, 1.165) is 4.90 Å². The van der Waals surface area contributed by atoms with Crippen molar-refractivity contribution in [2.45, 2.75) is 13.3 Å². The van der Waals surface area contributed by atoms with Crippen molar-refractivity contribution in [2.24, 2.45) is 0 Å². The van der Waals surface area contributed by atoms with Crippen LogP contribution in [-0.2, 0) is 0 Å². The molecule has 1 amide bonds. The van der Waals surface area contributed by atoms with Crippen molar-refractivity contribution in [2.75, 3.05) is 25.5 Å². The number of amides is 1. The molecule has 0 bridgehead atoms. The minimum Gasteiger partial charge on any atom is -0.370 e. The third kappa shape index (κ3) is 3.97. The zero-order chi connectivity index (χ0) is 12.8. The highest BCUT2D eigenvalue weighted by molar-refractivity contribution is 5.92. The third-order valence-electron chi connectivity index (χ3n) is 2.08. The zero-order valence-electron chi connectivity index (χ0n) is 9.78. The van der Waals surface area contributed by atoms with Crippen molar-refractivity contribution >= 4 is 11.7 Å². The summed E-state index contributed by atoms with van der Waals surface area (Å²) in [5, 5.41) is 2.95. The molecule has 0 saturated carbocycles. The van der Waals surface area contributed by atoms with Gasteiger partial charge in [-0.1, -0.05) is 6.07 Å². The van der Waals surface area contributed by atoms with E-state index in [0.29, 0.717) is 12.4 Å². The lowest BCUT2D eigenvalue weighted by molar-refractivity contribution is 0.0615. The van der Waals surface area contributed by atoms with Crippen LogP contribution < -0.4 is 5.32 Å². The summed E-state index contributed by atoms with van der Waals surface area (Å²) < 4.78 is 24.3. The second-order valence-corrected chi connectivity index (χ2v) is 3.52. The molecular formula is C11H15F2N3O. The molecule has 0 radical (unpaired) electrons. The Morgan fingerprint density at radius 3 is 2.82 bits per heavy atom. The fraction of sp³-hybridized carbons (Fsp3) is 0.455. The van der Waals surface area contributed by atoms with Crippen molar-refractivity contribution < 1.29 is 13.6 Å². The van der Waals surface area contributed by atoms with E-state index in [9.17, 15) is 13.6 Å². The highest BCUT2D eigenvalue weighted by Gasteiger charge is 2.16. The van der Waals surface area contributed by atoms with Gasteiger partial charge in [0.15, 0.2) is 0 Å². The number of alkyl halides is 2. The maximum absolute atomic E-state index is 12.1. The SMILES string of the molecule is CCNc1cccc(C(=O)N(C)CC(F)F)n1. The van der Waals surface area contributed by atoms with Crippen molar-refractivity contribution in [3.8, 4) is 0 Å². The van der Waals surface area contributed by atoms with Crippen molar-refractivity contribution in [3.63, 3.8) is 0 Å². The summed E-state index contributed by atoms with van der Waals surface area (Å²) in [4.78, 5) is 16.7.